The van der Waals surface area contributed by atoms with Crippen molar-refractivity contribution in [2.75, 3.05) is 11.9 Å². The number of aromatic carboxylic acids is 1. The van der Waals surface area contributed by atoms with Crippen molar-refractivity contribution in [3.8, 4) is 5.75 Å². The molecule has 2 aromatic rings. The summed E-state index contributed by atoms with van der Waals surface area (Å²) in [4.78, 5) is 22.8. The van der Waals surface area contributed by atoms with Crippen molar-refractivity contribution in [2.45, 2.75) is 0 Å². The molecule has 0 unspecified atom stereocenters. The Labute approximate surface area is 135 Å². The third kappa shape index (κ3) is 4.45. The summed E-state index contributed by atoms with van der Waals surface area (Å²) in [6, 6.07) is 13.5. The monoisotopic (exact) mass is 397 g/mol. The van der Waals surface area contributed by atoms with Crippen molar-refractivity contribution in [1.82, 2.24) is 0 Å². The van der Waals surface area contributed by atoms with Crippen LogP contribution in [0.25, 0.3) is 0 Å². The molecule has 0 aliphatic rings. The van der Waals surface area contributed by atoms with Crippen molar-refractivity contribution in [3.63, 3.8) is 0 Å². The van der Waals surface area contributed by atoms with Crippen LogP contribution in [0.4, 0.5) is 5.69 Å². The van der Waals surface area contributed by atoms with Crippen LogP contribution in [-0.2, 0) is 4.79 Å². The van der Waals surface area contributed by atoms with Crippen molar-refractivity contribution in [2.24, 2.45) is 0 Å². The SMILES string of the molecule is O=C(COc1ccccc1C(=O)O)Nc1ccc(I)cc1. The summed E-state index contributed by atoms with van der Waals surface area (Å²) < 4.78 is 6.33. The number of carboxylic acid groups (broad SMARTS) is 1. The van der Waals surface area contributed by atoms with E-state index in [0.717, 1.165) is 3.57 Å². The topological polar surface area (TPSA) is 75.6 Å². The molecule has 2 N–H and O–H groups in total. The first-order valence-corrected chi connectivity index (χ1v) is 7.14. The van der Waals surface area contributed by atoms with E-state index >= 15 is 0 Å². The van der Waals surface area contributed by atoms with E-state index < -0.39 is 5.97 Å². The normalized spacial score (nSPS) is 9.95. The maximum Gasteiger partial charge on any atom is 0.339 e. The van der Waals surface area contributed by atoms with E-state index in [2.05, 4.69) is 27.9 Å². The highest BCUT2D eigenvalue weighted by Crippen LogP contribution is 2.18. The number of anilines is 1. The first-order chi connectivity index (χ1) is 10.1. The van der Waals surface area contributed by atoms with E-state index in [1.165, 1.54) is 12.1 Å². The third-order valence-corrected chi connectivity index (χ3v) is 3.32. The van der Waals surface area contributed by atoms with E-state index in [0.29, 0.717) is 5.69 Å². The van der Waals surface area contributed by atoms with Crippen molar-refractivity contribution in [1.29, 1.82) is 0 Å². The minimum absolute atomic E-state index is 0.0274. The lowest BCUT2D eigenvalue weighted by molar-refractivity contribution is -0.118. The van der Waals surface area contributed by atoms with Gasteiger partial charge in [0.05, 0.1) is 0 Å². The molecule has 0 fully saturated rings. The Bertz CT molecular complexity index is 655. The number of rotatable bonds is 5. The summed E-state index contributed by atoms with van der Waals surface area (Å²) in [6.45, 7) is -0.254. The highest BCUT2D eigenvalue weighted by Gasteiger charge is 2.11. The molecule has 0 heterocycles. The molecule has 0 radical (unpaired) electrons. The molecule has 0 saturated heterocycles. The average molecular weight is 397 g/mol. The molecular formula is C15H12INO4. The zero-order valence-corrected chi connectivity index (χ0v) is 13.0. The van der Waals surface area contributed by atoms with Gasteiger partial charge in [-0.25, -0.2) is 4.79 Å². The Morgan fingerprint density at radius 3 is 2.43 bits per heavy atom. The summed E-state index contributed by atoms with van der Waals surface area (Å²) in [7, 11) is 0. The molecule has 0 bridgehead atoms. The van der Waals surface area contributed by atoms with Gasteiger partial charge in [0.2, 0.25) is 0 Å². The first-order valence-electron chi connectivity index (χ1n) is 6.07. The van der Waals surface area contributed by atoms with Crippen LogP contribution in [-0.4, -0.2) is 23.6 Å². The molecule has 0 spiro atoms. The van der Waals surface area contributed by atoms with Crippen molar-refractivity contribution >= 4 is 40.2 Å². The average Bonchev–Trinajstić information content (AvgIpc) is 2.48. The van der Waals surface area contributed by atoms with Gasteiger partial charge in [0.15, 0.2) is 6.61 Å². The lowest BCUT2D eigenvalue weighted by atomic mass is 10.2. The Kier molecular flexibility index (Phi) is 5.15. The van der Waals surface area contributed by atoms with E-state index in [9.17, 15) is 9.59 Å². The lowest BCUT2D eigenvalue weighted by Crippen LogP contribution is -2.20. The van der Waals surface area contributed by atoms with Gasteiger partial charge in [-0.15, -0.1) is 0 Å². The number of benzene rings is 2. The number of hydrogen-bond acceptors (Lipinski definition) is 3. The van der Waals surface area contributed by atoms with E-state index in [-0.39, 0.29) is 23.8 Å². The van der Waals surface area contributed by atoms with Crippen LogP contribution in [0, 0.1) is 3.57 Å². The van der Waals surface area contributed by atoms with Gasteiger partial charge in [-0.1, -0.05) is 12.1 Å². The highest BCUT2D eigenvalue weighted by molar-refractivity contribution is 14.1. The van der Waals surface area contributed by atoms with Gasteiger partial charge < -0.3 is 15.2 Å². The maximum atomic E-state index is 11.8. The Morgan fingerprint density at radius 2 is 1.76 bits per heavy atom. The quantitative estimate of drug-likeness (QED) is 0.761. The predicted octanol–water partition coefficient (Wildman–Crippen LogP) is 3.01. The second-order valence-electron chi connectivity index (χ2n) is 4.15. The molecule has 108 valence electrons. The number of carboxylic acids is 1. The van der Waals surface area contributed by atoms with Crippen LogP contribution < -0.4 is 10.1 Å². The molecule has 0 aliphatic carbocycles. The second-order valence-corrected chi connectivity index (χ2v) is 5.39. The molecule has 0 aliphatic heterocycles. The van der Waals surface area contributed by atoms with Gasteiger partial charge in [0, 0.05) is 9.26 Å². The fraction of sp³-hybridized carbons (Fsp3) is 0.0667. The summed E-state index contributed by atoms with van der Waals surface area (Å²) in [5.74, 6) is -1.28. The van der Waals surface area contributed by atoms with Crippen LogP contribution >= 0.6 is 22.6 Å². The van der Waals surface area contributed by atoms with E-state index in [1.54, 1.807) is 24.3 Å². The minimum Gasteiger partial charge on any atom is -0.483 e. The molecule has 0 aromatic heterocycles. The molecule has 6 heteroatoms. The van der Waals surface area contributed by atoms with Gasteiger partial charge in [-0.2, -0.15) is 0 Å². The Balaban J connectivity index is 1.95. The van der Waals surface area contributed by atoms with Crippen LogP contribution in [0.2, 0.25) is 0 Å². The first kappa shape index (κ1) is 15.3. The number of nitrogens with one attached hydrogen (secondary N) is 1. The van der Waals surface area contributed by atoms with E-state index in [4.69, 9.17) is 9.84 Å². The zero-order chi connectivity index (χ0) is 15.2. The summed E-state index contributed by atoms with van der Waals surface area (Å²) in [5.41, 5.74) is 0.690. The van der Waals surface area contributed by atoms with Crippen LogP contribution in [0.5, 0.6) is 5.75 Å². The zero-order valence-electron chi connectivity index (χ0n) is 10.9. The van der Waals surface area contributed by atoms with Crippen LogP contribution in [0.1, 0.15) is 10.4 Å². The summed E-state index contributed by atoms with van der Waals surface area (Å²) >= 11 is 2.17. The number of para-hydroxylation sites is 1. The number of hydrogen-bond donors (Lipinski definition) is 2. The summed E-state index contributed by atoms with van der Waals surface area (Å²) in [6.07, 6.45) is 0. The van der Waals surface area contributed by atoms with E-state index in [1.807, 2.05) is 12.1 Å². The molecule has 2 aromatic carbocycles. The molecular weight excluding hydrogens is 385 g/mol. The number of carbonyl (C=O) groups is 2. The fourth-order valence-electron chi connectivity index (χ4n) is 1.64. The van der Waals surface area contributed by atoms with Gasteiger partial charge in [-0.3, -0.25) is 4.79 Å². The highest BCUT2D eigenvalue weighted by atomic mass is 127. The van der Waals surface area contributed by atoms with Gasteiger partial charge in [0.25, 0.3) is 5.91 Å². The van der Waals surface area contributed by atoms with Crippen LogP contribution in [0.15, 0.2) is 48.5 Å². The molecule has 5 nitrogen and oxygen atoms in total. The standard InChI is InChI=1S/C15H12INO4/c16-10-5-7-11(8-6-10)17-14(18)9-21-13-4-2-1-3-12(13)15(19)20/h1-8H,9H2,(H,17,18)(H,19,20). The summed E-state index contributed by atoms with van der Waals surface area (Å²) in [5, 5.41) is 11.7. The number of carbonyl (C=O) groups excluding carboxylic acids is 1. The number of ether oxygens (including phenoxy) is 1. The predicted molar refractivity (Wildman–Crippen MR) is 86.7 cm³/mol. The van der Waals surface area contributed by atoms with Gasteiger partial charge in [-0.05, 0) is 59.0 Å². The number of amides is 1. The Hall–Kier alpha value is -2.09. The number of halogens is 1. The van der Waals surface area contributed by atoms with Gasteiger partial charge in [0.1, 0.15) is 11.3 Å². The lowest BCUT2D eigenvalue weighted by Gasteiger charge is -2.09. The smallest absolute Gasteiger partial charge is 0.339 e. The molecule has 1 amide bonds. The molecule has 0 saturated carbocycles. The fourth-order valence-corrected chi connectivity index (χ4v) is 2.00. The molecule has 21 heavy (non-hydrogen) atoms. The molecule has 2 rings (SSSR count). The Morgan fingerprint density at radius 1 is 1.10 bits per heavy atom. The third-order valence-electron chi connectivity index (χ3n) is 2.60. The second kappa shape index (κ2) is 7.07. The van der Waals surface area contributed by atoms with Crippen molar-refractivity contribution < 1.29 is 19.4 Å². The molecule has 0 atom stereocenters. The van der Waals surface area contributed by atoms with Crippen LogP contribution in [0.3, 0.4) is 0 Å². The largest absolute Gasteiger partial charge is 0.483 e. The van der Waals surface area contributed by atoms with Crippen molar-refractivity contribution in [3.05, 3.63) is 57.7 Å². The van der Waals surface area contributed by atoms with Gasteiger partial charge >= 0.3 is 5.97 Å². The maximum absolute atomic E-state index is 11.8. The minimum atomic E-state index is -1.09.